The van der Waals surface area contributed by atoms with Crippen LogP contribution >= 0.6 is 0 Å². The summed E-state index contributed by atoms with van der Waals surface area (Å²) in [6, 6.07) is 16.0. The van der Waals surface area contributed by atoms with Crippen molar-refractivity contribution in [2.24, 2.45) is 0 Å². The molecule has 0 aliphatic carbocycles. The minimum absolute atomic E-state index is 0.151. The van der Waals surface area contributed by atoms with E-state index in [1.165, 1.54) is 4.57 Å². The molecule has 0 atom stereocenters. The topological polar surface area (TPSA) is 142 Å². The predicted molar refractivity (Wildman–Crippen MR) is 120 cm³/mol. The second-order valence-electron chi connectivity index (χ2n) is 7.30. The molecule has 32 heavy (non-hydrogen) atoms. The highest BCUT2D eigenvalue weighted by molar-refractivity contribution is 5.94. The van der Waals surface area contributed by atoms with Crippen LogP contribution in [-0.4, -0.2) is 32.2 Å². The number of nitrogens with two attached hydrogens (primary N) is 1. The number of anilines is 1. The monoisotopic (exact) mass is 427 g/mol. The smallest absolute Gasteiger partial charge is 0.265 e. The number of rotatable bonds is 6. The van der Waals surface area contributed by atoms with E-state index in [0.29, 0.717) is 58.6 Å². The van der Waals surface area contributed by atoms with E-state index in [9.17, 15) is 9.59 Å². The fraction of sp³-hybridized carbons (Fsp3) is 0.174. The van der Waals surface area contributed by atoms with Gasteiger partial charge in [-0.25, -0.2) is 4.98 Å². The van der Waals surface area contributed by atoms with Crippen molar-refractivity contribution in [3.8, 4) is 11.8 Å². The number of nitrogens with one attached hydrogen (secondary N) is 2. The number of aromatic nitrogens is 4. The van der Waals surface area contributed by atoms with Gasteiger partial charge in [0.1, 0.15) is 17.5 Å². The Morgan fingerprint density at radius 1 is 1.22 bits per heavy atom. The highest BCUT2D eigenvalue weighted by Crippen LogP contribution is 2.15. The summed E-state index contributed by atoms with van der Waals surface area (Å²) in [6.45, 7) is 2.21. The average Bonchev–Trinajstić information content (AvgIpc) is 3.16. The molecule has 2 aromatic carbocycles. The molecule has 9 nitrogen and oxygen atoms in total. The number of hydrogen-bond donors (Lipinski definition) is 3. The van der Waals surface area contributed by atoms with Crippen molar-refractivity contribution >= 4 is 22.6 Å². The Morgan fingerprint density at radius 3 is 2.72 bits per heavy atom. The van der Waals surface area contributed by atoms with Crippen LogP contribution in [0.5, 0.6) is 0 Å². The first-order valence-electron chi connectivity index (χ1n) is 10.1. The summed E-state index contributed by atoms with van der Waals surface area (Å²) in [7, 11) is 0. The van der Waals surface area contributed by atoms with E-state index in [4.69, 9.17) is 11.0 Å². The first kappa shape index (κ1) is 20.8. The zero-order valence-corrected chi connectivity index (χ0v) is 17.4. The van der Waals surface area contributed by atoms with E-state index < -0.39 is 0 Å². The predicted octanol–water partition coefficient (Wildman–Crippen LogP) is 2.23. The van der Waals surface area contributed by atoms with E-state index in [0.717, 1.165) is 0 Å². The molecule has 0 radical (unpaired) electrons. The maximum absolute atomic E-state index is 12.9. The Morgan fingerprint density at radius 2 is 1.97 bits per heavy atom. The lowest BCUT2D eigenvalue weighted by Crippen LogP contribution is -2.25. The molecule has 0 bridgehead atoms. The number of nitriles is 1. The molecule has 160 valence electrons. The van der Waals surface area contributed by atoms with Gasteiger partial charge in [0.2, 0.25) is 0 Å². The van der Waals surface area contributed by atoms with E-state index >= 15 is 0 Å². The van der Waals surface area contributed by atoms with Crippen molar-refractivity contribution in [1.29, 1.82) is 5.26 Å². The third-order valence-corrected chi connectivity index (χ3v) is 5.20. The van der Waals surface area contributed by atoms with Crippen LogP contribution < -0.4 is 16.6 Å². The van der Waals surface area contributed by atoms with E-state index in [-0.39, 0.29) is 17.3 Å². The molecule has 0 fully saturated rings. The number of fused-ring (bicyclic) bond motifs is 1. The van der Waals surface area contributed by atoms with Crippen molar-refractivity contribution in [3.05, 3.63) is 81.5 Å². The minimum Gasteiger partial charge on any atom is -0.381 e. The van der Waals surface area contributed by atoms with Crippen LogP contribution in [0, 0.1) is 18.3 Å². The third-order valence-electron chi connectivity index (χ3n) is 5.20. The average molecular weight is 427 g/mol. The van der Waals surface area contributed by atoms with Crippen molar-refractivity contribution in [1.82, 2.24) is 25.1 Å². The number of benzene rings is 2. The zero-order valence-electron chi connectivity index (χ0n) is 17.4. The lowest BCUT2D eigenvalue weighted by atomic mass is 10.1. The van der Waals surface area contributed by atoms with Gasteiger partial charge in [-0.1, -0.05) is 12.1 Å². The number of aromatic amines is 1. The molecular weight excluding hydrogens is 406 g/mol. The highest BCUT2D eigenvalue weighted by atomic mass is 16.1. The second-order valence-corrected chi connectivity index (χ2v) is 7.30. The molecule has 9 heteroatoms. The summed E-state index contributed by atoms with van der Waals surface area (Å²) in [4.78, 5) is 29.9. The van der Waals surface area contributed by atoms with Gasteiger partial charge in [0.15, 0.2) is 5.82 Å². The SMILES string of the molecule is Cc1nc2ccccc2c(=O)n1-c1ccc(C(=O)NCCCc2[nH]nc(N)c2C#N)cc1. The maximum atomic E-state index is 12.9. The Balaban J connectivity index is 1.43. The van der Waals surface area contributed by atoms with Gasteiger partial charge < -0.3 is 11.1 Å². The first-order chi connectivity index (χ1) is 15.5. The highest BCUT2D eigenvalue weighted by Gasteiger charge is 2.12. The quantitative estimate of drug-likeness (QED) is 0.403. The summed E-state index contributed by atoms with van der Waals surface area (Å²) in [5, 5.41) is 19.0. The lowest BCUT2D eigenvalue weighted by molar-refractivity contribution is 0.0953. The molecule has 2 aromatic heterocycles. The fourth-order valence-corrected chi connectivity index (χ4v) is 3.58. The number of nitrogens with zero attached hydrogens (tertiary/aromatic N) is 4. The largest absolute Gasteiger partial charge is 0.381 e. The summed E-state index contributed by atoms with van der Waals surface area (Å²) in [5.41, 5.74) is 8.26. The van der Waals surface area contributed by atoms with Gasteiger partial charge in [-0.15, -0.1) is 0 Å². The maximum Gasteiger partial charge on any atom is 0.265 e. The fourth-order valence-electron chi connectivity index (χ4n) is 3.58. The van der Waals surface area contributed by atoms with Crippen LogP contribution in [0.15, 0.2) is 53.3 Å². The lowest BCUT2D eigenvalue weighted by Gasteiger charge is -2.11. The summed E-state index contributed by atoms with van der Waals surface area (Å²) < 4.78 is 1.53. The molecule has 0 aliphatic rings. The van der Waals surface area contributed by atoms with Gasteiger partial charge in [-0.2, -0.15) is 10.4 Å². The van der Waals surface area contributed by atoms with E-state index in [1.54, 1.807) is 43.3 Å². The first-order valence-corrected chi connectivity index (χ1v) is 10.1. The molecule has 0 aliphatic heterocycles. The molecule has 0 spiro atoms. The van der Waals surface area contributed by atoms with Crippen LogP contribution in [0.25, 0.3) is 16.6 Å². The molecule has 4 N–H and O–H groups in total. The number of para-hydroxylation sites is 1. The number of carbonyl (C=O) groups excluding carboxylic acids is 1. The van der Waals surface area contributed by atoms with Crippen LogP contribution in [0.4, 0.5) is 5.82 Å². The number of carbonyl (C=O) groups is 1. The number of amides is 1. The zero-order chi connectivity index (χ0) is 22.7. The van der Waals surface area contributed by atoms with E-state index in [1.807, 2.05) is 18.2 Å². The van der Waals surface area contributed by atoms with Gasteiger partial charge in [-0.3, -0.25) is 19.3 Å². The van der Waals surface area contributed by atoms with Crippen LogP contribution in [-0.2, 0) is 6.42 Å². The summed E-state index contributed by atoms with van der Waals surface area (Å²) >= 11 is 0. The number of hydrogen-bond acceptors (Lipinski definition) is 6. The van der Waals surface area contributed by atoms with Crippen LogP contribution in [0.3, 0.4) is 0 Å². The molecule has 0 unspecified atom stereocenters. The Kier molecular flexibility index (Phi) is 5.68. The summed E-state index contributed by atoms with van der Waals surface area (Å²) in [5.74, 6) is 0.534. The Hall–Kier alpha value is -4.45. The van der Waals surface area contributed by atoms with Gasteiger partial charge >= 0.3 is 0 Å². The van der Waals surface area contributed by atoms with Gasteiger partial charge in [-0.05, 0) is 56.2 Å². The minimum atomic E-state index is -0.220. The standard InChI is InChI=1S/C23H21N7O2/c1-14-27-19-6-3-2-5-17(19)23(32)30(14)16-10-8-15(9-11-16)22(31)26-12-4-7-20-18(13-24)21(25)29-28-20/h2-3,5-6,8-11H,4,7,12H2,1H3,(H,26,31)(H3,25,28,29). The number of H-pyrrole nitrogens is 1. The summed E-state index contributed by atoms with van der Waals surface area (Å²) in [6.07, 6.45) is 1.17. The van der Waals surface area contributed by atoms with Gasteiger partial charge in [0, 0.05) is 12.1 Å². The molecule has 1 amide bonds. The number of aryl methyl sites for hydroxylation is 2. The third kappa shape index (κ3) is 3.94. The van der Waals surface area contributed by atoms with Crippen molar-refractivity contribution in [3.63, 3.8) is 0 Å². The molecule has 0 saturated carbocycles. The molecule has 2 heterocycles. The van der Waals surface area contributed by atoms with Crippen molar-refractivity contribution in [2.45, 2.75) is 19.8 Å². The molecule has 4 aromatic rings. The Labute approximate surface area is 183 Å². The van der Waals surface area contributed by atoms with Crippen LogP contribution in [0.1, 0.15) is 33.9 Å². The molecular formula is C23H21N7O2. The van der Waals surface area contributed by atoms with Gasteiger partial charge in [0.25, 0.3) is 11.5 Å². The molecule has 4 rings (SSSR count). The Bertz CT molecular complexity index is 1390. The van der Waals surface area contributed by atoms with Gasteiger partial charge in [0.05, 0.1) is 22.3 Å². The van der Waals surface area contributed by atoms with E-state index in [2.05, 4.69) is 20.5 Å². The van der Waals surface area contributed by atoms with Crippen LogP contribution in [0.2, 0.25) is 0 Å². The van der Waals surface area contributed by atoms with Crippen molar-refractivity contribution in [2.75, 3.05) is 12.3 Å². The number of nitrogen functional groups attached to an aromatic ring is 1. The normalized spacial score (nSPS) is 10.8. The molecule has 0 saturated heterocycles. The van der Waals surface area contributed by atoms with Crippen molar-refractivity contribution < 1.29 is 4.79 Å². The second kappa shape index (κ2) is 8.73.